The largest absolute Gasteiger partial charge is 0.378 e. The van der Waals surface area contributed by atoms with Crippen LogP contribution in [0.4, 0.5) is 11.5 Å². The van der Waals surface area contributed by atoms with Gasteiger partial charge in [0, 0.05) is 25.0 Å². The van der Waals surface area contributed by atoms with Crippen LogP contribution in [0.15, 0.2) is 41.3 Å². The van der Waals surface area contributed by atoms with Crippen LogP contribution in [-0.2, 0) is 9.53 Å². The lowest BCUT2D eigenvalue weighted by Gasteiger charge is -2.27. The van der Waals surface area contributed by atoms with Crippen LogP contribution < -0.4 is 21.2 Å². The summed E-state index contributed by atoms with van der Waals surface area (Å²) in [5.74, 6) is 0.0286. The van der Waals surface area contributed by atoms with Crippen molar-refractivity contribution in [3.05, 3.63) is 52.6 Å². The number of fused-ring (bicyclic) bond motifs is 1. The number of hydrogen-bond donors (Lipinski definition) is 4. The number of benzene rings is 1. The van der Waals surface area contributed by atoms with Crippen LogP contribution in [0, 0.1) is 0 Å². The number of aromatic nitrogens is 3. The number of anilines is 2. The van der Waals surface area contributed by atoms with Crippen LogP contribution >= 0.6 is 0 Å². The second kappa shape index (κ2) is 8.15. The summed E-state index contributed by atoms with van der Waals surface area (Å²) in [5, 5.41) is 5.25. The van der Waals surface area contributed by atoms with Gasteiger partial charge in [-0.15, -0.1) is 0 Å². The number of carbonyl (C=O) groups excluding carboxylic acids is 2. The van der Waals surface area contributed by atoms with Crippen LogP contribution in [0.25, 0.3) is 11.0 Å². The first kappa shape index (κ1) is 18.7. The molecule has 3 aromatic rings. The number of hydrogen-bond acceptors (Lipinski definition) is 6. The molecule has 10 nitrogen and oxygen atoms in total. The van der Waals surface area contributed by atoms with E-state index in [2.05, 4.69) is 30.5 Å². The van der Waals surface area contributed by atoms with E-state index in [1.807, 2.05) is 0 Å². The number of pyridine rings is 1. The van der Waals surface area contributed by atoms with E-state index in [0.717, 1.165) is 18.9 Å². The molecule has 0 atom stereocenters. The van der Waals surface area contributed by atoms with Gasteiger partial charge < -0.3 is 30.2 Å². The predicted octanol–water partition coefficient (Wildman–Crippen LogP) is 0.456. The van der Waals surface area contributed by atoms with Crippen LogP contribution in [0.3, 0.4) is 0 Å². The van der Waals surface area contributed by atoms with Gasteiger partial charge >= 0.3 is 5.69 Å². The molecule has 0 aliphatic carbocycles. The number of nitrogens with one attached hydrogen (secondary N) is 4. The SMILES string of the molecule is O=C(CNC(=O)c1ccc(N2CCOCC2)nc1)Nc1ccc2[nH]c(=O)[nH]c2c1. The van der Waals surface area contributed by atoms with Crippen LogP contribution in [-0.4, -0.2) is 59.6 Å². The minimum absolute atomic E-state index is 0.189. The minimum Gasteiger partial charge on any atom is -0.378 e. The molecule has 3 heterocycles. The van der Waals surface area contributed by atoms with Crippen molar-refractivity contribution >= 4 is 34.4 Å². The highest BCUT2D eigenvalue weighted by molar-refractivity contribution is 5.99. The van der Waals surface area contributed by atoms with Gasteiger partial charge in [0.1, 0.15) is 5.82 Å². The second-order valence-corrected chi connectivity index (χ2v) is 6.57. The molecular formula is C19H20N6O4. The molecule has 0 saturated carbocycles. The maximum absolute atomic E-state index is 12.3. The number of H-pyrrole nitrogens is 2. The summed E-state index contributed by atoms with van der Waals surface area (Å²) in [5.41, 5.74) is 1.81. The number of aromatic amines is 2. The molecule has 2 amide bonds. The monoisotopic (exact) mass is 396 g/mol. The first-order valence-electron chi connectivity index (χ1n) is 9.17. The summed E-state index contributed by atoms with van der Waals surface area (Å²) in [7, 11) is 0. The Morgan fingerprint density at radius 1 is 1.10 bits per heavy atom. The van der Waals surface area contributed by atoms with Gasteiger partial charge in [0.05, 0.1) is 36.4 Å². The van der Waals surface area contributed by atoms with E-state index in [0.29, 0.717) is 35.5 Å². The summed E-state index contributed by atoms with van der Waals surface area (Å²) < 4.78 is 5.31. The highest BCUT2D eigenvalue weighted by Crippen LogP contribution is 2.15. The third-order valence-electron chi connectivity index (χ3n) is 4.55. The summed E-state index contributed by atoms with van der Waals surface area (Å²) >= 11 is 0. The second-order valence-electron chi connectivity index (χ2n) is 6.57. The van der Waals surface area contributed by atoms with E-state index in [1.54, 1.807) is 30.3 Å². The van der Waals surface area contributed by atoms with E-state index in [-0.39, 0.29) is 24.0 Å². The number of ether oxygens (including phenoxy) is 1. The third kappa shape index (κ3) is 4.43. The normalized spacial score (nSPS) is 14.0. The molecule has 4 rings (SSSR count). The Kier molecular flexibility index (Phi) is 5.25. The van der Waals surface area contributed by atoms with Crippen LogP contribution in [0.1, 0.15) is 10.4 Å². The zero-order valence-electron chi connectivity index (χ0n) is 15.5. The number of amides is 2. The molecule has 0 radical (unpaired) electrons. The van der Waals surface area contributed by atoms with Crippen molar-refractivity contribution in [2.75, 3.05) is 43.1 Å². The number of rotatable bonds is 5. The average Bonchev–Trinajstić information content (AvgIpc) is 3.12. The minimum atomic E-state index is -0.383. The highest BCUT2D eigenvalue weighted by atomic mass is 16.5. The first-order chi connectivity index (χ1) is 14.1. The van der Waals surface area contributed by atoms with Gasteiger partial charge in [-0.05, 0) is 30.3 Å². The Bertz CT molecular complexity index is 1080. The van der Waals surface area contributed by atoms with Gasteiger partial charge in [0.15, 0.2) is 0 Å². The molecular weight excluding hydrogens is 376 g/mol. The van der Waals surface area contributed by atoms with Crippen molar-refractivity contribution in [1.82, 2.24) is 20.3 Å². The first-order valence-corrected chi connectivity index (χ1v) is 9.17. The molecule has 1 aromatic carbocycles. The molecule has 1 aliphatic heterocycles. The molecule has 4 N–H and O–H groups in total. The maximum atomic E-state index is 12.3. The number of imidazole rings is 1. The van der Waals surface area contributed by atoms with Crippen molar-refractivity contribution in [2.45, 2.75) is 0 Å². The van der Waals surface area contributed by atoms with Crippen molar-refractivity contribution in [3.8, 4) is 0 Å². The zero-order chi connectivity index (χ0) is 20.2. The third-order valence-corrected chi connectivity index (χ3v) is 4.55. The van der Waals surface area contributed by atoms with Gasteiger partial charge in [-0.3, -0.25) is 9.59 Å². The fourth-order valence-electron chi connectivity index (χ4n) is 3.08. The number of morpholine rings is 1. The van der Waals surface area contributed by atoms with Crippen molar-refractivity contribution in [1.29, 1.82) is 0 Å². The van der Waals surface area contributed by atoms with E-state index < -0.39 is 0 Å². The van der Waals surface area contributed by atoms with E-state index in [9.17, 15) is 14.4 Å². The molecule has 0 spiro atoms. The lowest BCUT2D eigenvalue weighted by atomic mass is 10.2. The van der Waals surface area contributed by atoms with Gasteiger partial charge in [-0.2, -0.15) is 0 Å². The van der Waals surface area contributed by atoms with E-state index in [1.165, 1.54) is 6.20 Å². The highest BCUT2D eigenvalue weighted by Gasteiger charge is 2.14. The summed E-state index contributed by atoms with van der Waals surface area (Å²) in [4.78, 5) is 47.3. The van der Waals surface area contributed by atoms with Crippen molar-refractivity contribution in [3.63, 3.8) is 0 Å². The molecule has 1 fully saturated rings. The molecule has 1 aliphatic rings. The lowest BCUT2D eigenvalue weighted by molar-refractivity contribution is -0.115. The van der Waals surface area contributed by atoms with E-state index >= 15 is 0 Å². The van der Waals surface area contributed by atoms with Gasteiger partial charge in [-0.25, -0.2) is 9.78 Å². The summed E-state index contributed by atoms with van der Waals surface area (Å²) in [6, 6.07) is 8.46. The Labute approximate surface area is 165 Å². The van der Waals surface area contributed by atoms with Gasteiger partial charge in [0.2, 0.25) is 5.91 Å². The molecule has 2 aromatic heterocycles. The number of carbonyl (C=O) groups is 2. The number of nitrogens with zero attached hydrogens (tertiary/aromatic N) is 2. The summed E-state index contributed by atoms with van der Waals surface area (Å²) in [6.07, 6.45) is 1.49. The molecule has 0 bridgehead atoms. The Morgan fingerprint density at radius 3 is 2.66 bits per heavy atom. The maximum Gasteiger partial charge on any atom is 0.323 e. The molecule has 10 heteroatoms. The fourth-order valence-corrected chi connectivity index (χ4v) is 3.08. The lowest BCUT2D eigenvalue weighted by Crippen LogP contribution is -2.37. The topological polar surface area (TPSA) is 132 Å². The average molecular weight is 396 g/mol. The van der Waals surface area contributed by atoms with Gasteiger partial charge in [-0.1, -0.05) is 0 Å². The smallest absolute Gasteiger partial charge is 0.323 e. The molecule has 1 saturated heterocycles. The standard InChI is InChI=1S/C19H20N6O4/c26-17(22-13-2-3-14-15(9-13)24-19(28)23-14)11-21-18(27)12-1-4-16(20-10-12)25-5-7-29-8-6-25/h1-4,9-10H,5-8,11H2,(H,21,27)(H,22,26)(H2,23,24,28). The van der Waals surface area contributed by atoms with Crippen molar-refractivity contribution in [2.24, 2.45) is 0 Å². The van der Waals surface area contributed by atoms with Crippen molar-refractivity contribution < 1.29 is 14.3 Å². The quantitative estimate of drug-likeness (QED) is 0.495. The van der Waals surface area contributed by atoms with Gasteiger partial charge in [0.25, 0.3) is 5.91 Å². The molecule has 150 valence electrons. The van der Waals surface area contributed by atoms with Crippen LogP contribution in [0.5, 0.6) is 0 Å². The Morgan fingerprint density at radius 2 is 1.90 bits per heavy atom. The molecule has 0 unspecified atom stereocenters. The summed E-state index contributed by atoms with van der Waals surface area (Å²) in [6.45, 7) is 2.66. The Hall–Kier alpha value is -3.66. The Balaban J connectivity index is 1.31. The van der Waals surface area contributed by atoms with Crippen LogP contribution in [0.2, 0.25) is 0 Å². The van der Waals surface area contributed by atoms with E-state index in [4.69, 9.17) is 4.74 Å². The zero-order valence-corrected chi connectivity index (χ0v) is 15.5. The predicted molar refractivity (Wildman–Crippen MR) is 107 cm³/mol. The fraction of sp³-hybridized carbons (Fsp3) is 0.263. The molecule has 29 heavy (non-hydrogen) atoms.